The highest BCUT2D eigenvalue weighted by molar-refractivity contribution is 9.10. The van der Waals surface area contributed by atoms with Gasteiger partial charge in [-0.2, -0.15) is 0 Å². The maximum atomic E-state index is 13.1. The van der Waals surface area contributed by atoms with E-state index >= 15 is 0 Å². The first-order valence-corrected chi connectivity index (χ1v) is 7.54. The molecule has 1 atom stereocenters. The van der Waals surface area contributed by atoms with Crippen molar-refractivity contribution < 1.29 is 13.9 Å². The second kappa shape index (κ2) is 5.93. The standard InChI is InChI=1S/C16H15BrFNO2/c1-10(19-14-4-3-12(18)9-13(14)17)11-2-5-15-16(8-11)21-7-6-20-15/h2-5,8-10,19H,6-7H2,1H3. The SMILES string of the molecule is CC(Nc1ccc(F)cc1Br)c1ccc2c(c1)OCCO2. The average molecular weight is 352 g/mol. The molecule has 21 heavy (non-hydrogen) atoms. The first-order chi connectivity index (χ1) is 10.1. The molecule has 110 valence electrons. The molecule has 0 aromatic heterocycles. The zero-order valence-corrected chi connectivity index (χ0v) is 13.1. The number of nitrogens with one attached hydrogen (secondary N) is 1. The Morgan fingerprint density at radius 1 is 1.10 bits per heavy atom. The number of hydrogen-bond donors (Lipinski definition) is 1. The van der Waals surface area contributed by atoms with Gasteiger partial charge in [0.2, 0.25) is 0 Å². The highest BCUT2D eigenvalue weighted by Crippen LogP contribution is 2.34. The minimum Gasteiger partial charge on any atom is -0.486 e. The minimum absolute atomic E-state index is 0.0580. The summed E-state index contributed by atoms with van der Waals surface area (Å²) in [6, 6.07) is 10.5. The topological polar surface area (TPSA) is 30.5 Å². The second-order valence-electron chi connectivity index (χ2n) is 4.89. The fraction of sp³-hybridized carbons (Fsp3) is 0.250. The van der Waals surface area contributed by atoms with Crippen LogP contribution in [0.3, 0.4) is 0 Å². The Balaban J connectivity index is 1.80. The fourth-order valence-corrected chi connectivity index (χ4v) is 2.72. The molecule has 0 radical (unpaired) electrons. The van der Waals surface area contributed by atoms with Crippen molar-refractivity contribution in [1.29, 1.82) is 0 Å². The molecule has 1 aliphatic heterocycles. The molecule has 0 amide bonds. The summed E-state index contributed by atoms with van der Waals surface area (Å²) in [7, 11) is 0. The lowest BCUT2D eigenvalue weighted by atomic mass is 10.1. The van der Waals surface area contributed by atoms with Gasteiger partial charge in [0, 0.05) is 16.2 Å². The maximum absolute atomic E-state index is 13.1. The number of rotatable bonds is 3. The van der Waals surface area contributed by atoms with Crippen molar-refractivity contribution in [3.05, 3.63) is 52.3 Å². The van der Waals surface area contributed by atoms with Gasteiger partial charge >= 0.3 is 0 Å². The third kappa shape index (κ3) is 3.13. The molecule has 3 rings (SSSR count). The van der Waals surface area contributed by atoms with Gasteiger partial charge in [-0.25, -0.2) is 4.39 Å². The number of halogens is 2. The summed E-state index contributed by atoms with van der Waals surface area (Å²) in [5.74, 6) is 1.28. The molecule has 1 N–H and O–H groups in total. The van der Waals surface area contributed by atoms with Crippen molar-refractivity contribution in [3.8, 4) is 11.5 Å². The van der Waals surface area contributed by atoms with Crippen LogP contribution in [-0.4, -0.2) is 13.2 Å². The third-order valence-electron chi connectivity index (χ3n) is 3.37. The largest absolute Gasteiger partial charge is 0.486 e. The lowest BCUT2D eigenvalue weighted by Gasteiger charge is -2.22. The fourth-order valence-electron chi connectivity index (χ4n) is 2.25. The number of anilines is 1. The highest BCUT2D eigenvalue weighted by Gasteiger charge is 2.15. The van der Waals surface area contributed by atoms with Crippen LogP contribution in [0.5, 0.6) is 11.5 Å². The van der Waals surface area contributed by atoms with E-state index < -0.39 is 0 Å². The molecule has 3 nitrogen and oxygen atoms in total. The van der Waals surface area contributed by atoms with E-state index in [1.165, 1.54) is 12.1 Å². The van der Waals surface area contributed by atoms with Crippen LogP contribution >= 0.6 is 15.9 Å². The molecule has 1 unspecified atom stereocenters. The summed E-state index contributed by atoms with van der Waals surface area (Å²) in [6.45, 7) is 3.20. The number of benzene rings is 2. The summed E-state index contributed by atoms with van der Waals surface area (Å²) < 4.78 is 24.9. The van der Waals surface area contributed by atoms with Crippen LogP contribution in [0.2, 0.25) is 0 Å². The van der Waals surface area contributed by atoms with Crippen molar-refractivity contribution in [2.45, 2.75) is 13.0 Å². The van der Waals surface area contributed by atoms with E-state index in [2.05, 4.69) is 21.2 Å². The molecule has 0 aliphatic carbocycles. The van der Waals surface area contributed by atoms with Crippen molar-refractivity contribution in [2.24, 2.45) is 0 Å². The van der Waals surface area contributed by atoms with Crippen LogP contribution in [0.1, 0.15) is 18.5 Å². The summed E-state index contributed by atoms with van der Waals surface area (Å²) in [4.78, 5) is 0. The van der Waals surface area contributed by atoms with Crippen LogP contribution in [0.15, 0.2) is 40.9 Å². The van der Waals surface area contributed by atoms with Gasteiger partial charge in [-0.15, -0.1) is 0 Å². The maximum Gasteiger partial charge on any atom is 0.161 e. The average Bonchev–Trinajstić information content (AvgIpc) is 2.49. The summed E-state index contributed by atoms with van der Waals surface area (Å²) in [5.41, 5.74) is 1.93. The van der Waals surface area contributed by atoms with Gasteiger partial charge in [-0.1, -0.05) is 6.07 Å². The van der Waals surface area contributed by atoms with Crippen molar-refractivity contribution in [3.63, 3.8) is 0 Å². The highest BCUT2D eigenvalue weighted by atomic mass is 79.9. The van der Waals surface area contributed by atoms with Crippen LogP contribution in [0, 0.1) is 5.82 Å². The molecule has 2 aromatic rings. The lowest BCUT2D eigenvalue weighted by molar-refractivity contribution is 0.171. The summed E-state index contributed by atoms with van der Waals surface area (Å²) in [6.07, 6.45) is 0. The van der Waals surface area contributed by atoms with E-state index in [9.17, 15) is 4.39 Å². The molecular formula is C16H15BrFNO2. The van der Waals surface area contributed by atoms with E-state index in [0.29, 0.717) is 17.7 Å². The molecular weight excluding hydrogens is 337 g/mol. The molecule has 2 aromatic carbocycles. The Hall–Kier alpha value is -1.75. The lowest BCUT2D eigenvalue weighted by Crippen LogP contribution is -2.16. The Bertz CT molecular complexity index is 663. The Labute approximate surface area is 131 Å². The van der Waals surface area contributed by atoms with E-state index in [1.54, 1.807) is 6.07 Å². The van der Waals surface area contributed by atoms with Crippen molar-refractivity contribution in [2.75, 3.05) is 18.5 Å². The normalized spacial score (nSPS) is 14.6. The monoisotopic (exact) mass is 351 g/mol. The van der Waals surface area contributed by atoms with Gasteiger partial charge in [0.15, 0.2) is 11.5 Å². The Kier molecular flexibility index (Phi) is 4.01. The molecule has 1 heterocycles. The molecule has 0 saturated carbocycles. The molecule has 0 saturated heterocycles. The van der Waals surface area contributed by atoms with E-state index in [4.69, 9.17) is 9.47 Å². The van der Waals surface area contributed by atoms with Crippen molar-refractivity contribution in [1.82, 2.24) is 0 Å². The zero-order chi connectivity index (χ0) is 14.8. The third-order valence-corrected chi connectivity index (χ3v) is 4.03. The van der Waals surface area contributed by atoms with Crippen molar-refractivity contribution >= 4 is 21.6 Å². The predicted octanol–water partition coefficient (Wildman–Crippen LogP) is 4.53. The Morgan fingerprint density at radius 2 is 1.86 bits per heavy atom. The Morgan fingerprint density at radius 3 is 2.62 bits per heavy atom. The molecule has 0 fully saturated rings. The molecule has 0 bridgehead atoms. The molecule has 1 aliphatic rings. The first kappa shape index (κ1) is 14.2. The number of fused-ring (bicyclic) bond motifs is 1. The minimum atomic E-state index is -0.264. The first-order valence-electron chi connectivity index (χ1n) is 6.74. The van der Waals surface area contributed by atoms with Gasteiger partial charge in [-0.05, 0) is 58.7 Å². The number of hydrogen-bond acceptors (Lipinski definition) is 3. The zero-order valence-electron chi connectivity index (χ0n) is 11.5. The summed E-state index contributed by atoms with van der Waals surface area (Å²) in [5, 5.41) is 3.35. The van der Waals surface area contributed by atoms with Gasteiger partial charge in [0.25, 0.3) is 0 Å². The van der Waals surface area contributed by atoms with Crippen LogP contribution in [0.4, 0.5) is 10.1 Å². The molecule has 5 heteroatoms. The second-order valence-corrected chi connectivity index (χ2v) is 5.75. The van der Waals surface area contributed by atoms with E-state index in [1.807, 2.05) is 25.1 Å². The molecule has 0 spiro atoms. The van der Waals surface area contributed by atoms with Gasteiger partial charge in [0.05, 0.1) is 0 Å². The van der Waals surface area contributed by atoms with E-state index in [-0.39, 0.29) is 11.9 Å². The van der Waals surface area contributed by atoms with Gasteiger partial charge < -0.3 is 14.8 Å². The number of ether oxygens (including phenoxy) is 2. The van der Waals surface area contributed by atoms with Crippen LogP contribution < -0.4 is 14.8 Å². The predicted molar refractivity (Wildman–Crippen MR) is 83.6 cm³/mol. The smallest absolute Gasteiger partial charge is 0.161 e. The van der Waals surface area contributed by atoms with Crippen LogP contribution in [-0.2, 0) is 0 Å². The quantitative estimate of drug-likeness (QED) is 0.880. The summed E-state index contributed by atoms with van der Waals surface area (Å²) >= 11 is 3.36. The van der Waals surface area contributed by atoms with Gasteiger partial charge in [-0.3, -0.25) is 0 Å². The van der Waals surface area contributed by atoms with Gasteiger partial charge in [0.1, 0.15) is 19.0 Å². The van der Waals surface area contributed by atoms with Crippen LogP contribution in [0.25, 0.3) is 0 Å². The van der Waals surface area contributed by atoms with E-state index in [0.717, 1.165) is 22.7 Å².